The fourth-order valence-electron chi connectivity index (χ4n) is 2.33. The maximum atomic E-state index is 12.4. The molecule has 1 fully saturated rings. The summed E-state index contributed by atoms with van der Waals surface area (Å²) in [6.45, 7) is 0.0293. The first-order chi connectivity index (χ1) is 9.36. The third kappa shape index (κ3) is 5.12. The predicted octanol–water partition coefficient (Wildman–Crippen LogP) is 2.72. The standard InChI is InChI=1S/C12H16F3N3OS.ClH/c13-12(14,15)9-6-20-11(18-9)5-17-10(19)4-7-2-1-3-8(7)16;/h6-8H,1-5,16H2,(H,17,19);1H/t7-,8+;/m0./s1. The quantitative estimate of drug-likeness (QED) is 0.883. The number of nitrogens with zero attached hydrogens (tertiary/aromatic N) is 1. The van der Waals surface area contributed by atoms with Gasteiger partial charge in [0.2, 0.25) is 5.91 Å². The fraction of sp³-hybridized carbons (Fsp3) is 0.667. The molecule has 1 heterocycles. The van der Waals surface area contributed by atoms with Gasteiger partial charge in [-0.25, -0.2) is 4.98 Å². The molecular weight excluding hydrogens is 327 g/mol. The van der Waals surface area contributed by atoms with Gasteiger partial charge in [-0.05, 0) is 18.8 Å². The van der Waals surface area contributed by atoms with E-state index < -0.39 is 11.9 Å². The van der Waals surface area contributed by atoms with Gasteiger partial charge in [0.15, 0.2) is 5.69 Å². The van der Waals surface area contributed by atoms with Crippen molar-refractivity contribution in [3.8, 4) is 0 Å². The van der Waals surface area contributed by atoms with Crippen LogP contribution < -0.4 is 11.1 Å². The monoisotopic (exact) mass is 343 g/mol. The highest BCUT2D eigenvalue weighted by atomic mass is 35.5. The number of nitrogens with one attached hydrogen (secondary N) is 1. The highest BCUT2D eigenvalue weighted by molar-refractivity contribution is 7.09. The van der Waals surface area contributed by atoms with Crippen LogP contribution in [0.3, 0.4) is 0 Å². The molecule has 0 unspecified atom stereocenters. The Bertz CT molecular complexity index is 481. The second-order valence-corrected chi connectivity index (χ2v) is 5.90. The highest BCUT2D eigenvalue weighted by Crippen LogP contribution is 2.30. The van der Waals surface area contributed by atoms with Crippen LogP contribution in [0.1, 0.15) is 36.4 Å². The Kier molecular flexibility index (Phi) is 6.42. The van der Waals surface area contributed by atoms with Crippen molar-refractivity contribution in [1.82, 2.24) is 10.3 Å². The lowest BCUT2D eigenvalue weighted by Crippen LogP contribution is -2.31. The molecule has 2 rings (SSSR count). The van der Waals surface area contributed by atoms with Gasteiger partial charge in [0.1, 0.15) is 5.01 Å². The van der Waals surface area contributed by atoms with Crippen molar-refractivity contribution in [3.63, 3.8) is 0 Å². The van der Waals surface area contributed by atoms with Crippen molar-refractivity contribution in [3.05, 3.63) is 16.1 Å². The first-order valence-corrected chi connectivity index (χ1v) is 7.28. The van der Waals surface area contributed by atoms with E-state index in [2.05, 4.69) is 10.3 Å². The van der Waals surface area contributed by atoms with E-state index in [0.29, 0.717) is 6.42 Å². The van der Waals surface area contributed by atoms with Gasteiger partial charge >= 0.3 is 6.18 Å². The van der Waals surface area contributed by atoms with Gasteiger partial charge in [0, 0.05) is 17.8 Å². The van der Waals surface area contributed by atoms with E-state index in [1.165, 1.54) is 0 Å². The van der Waals surface area contributed by atoms with Crippen LogP contribution in [0.15, 0.2) is 5.38 Å². The Morgan fingerprint density at radius 2 is 2.19 bits per heavy atom. The number of amides is 1. The summed E-state index contributed by atoms with van der Waals surface area (Å²) in [5.41, 5.74) is 4.96. The average Bonchev–Trinajstić information content (AvgIpc) is 2.96. The number of carbonyl (C=O) groups excluding carboxylic acids is 1. The van der Waals surface area contributed by atoms with E-state index in [1.807, 2.05) is 0 Å². The minimum Gasteiger partial charge on any atom is -0.350 e. The highest BCUT2D eigenvalue weighted by Gasteiger charge is 2.33. The molecule has 4 nitrogen and oxygen atoms in total. The molecular formula is C12H17ClF3N3OS. The summed E-state index contributed by atoms with van der Waals surface area (Å²) in [4.78, 5) is 15.2. The SMILES string of the molecule is Cl.N[C@@H]1CCC[C@H]1CC(=O)NCc1nc(C(F)(F)F)cs1. The lowest BCUT2D eigenvalue weighted by Gasteiger charge is -2.14. The van der Waals surface area contributed by atoms with Gasteiger partial charge in [-0.15, -0.1) is 23.7 Å². The molecule has 2 atom stereocenters. The first-order valence-electron chi connectivity index (χ1n) is 6.40. The molecule has 1 aromatic heterocycles. The second kappa shape index (κ2) is 7.42. The van der Waals surface area contributed by atoms with Crippen molar-refractivity contribution in [1.29, 1.82) is 0 Å². The van der Waals surface area contributed by atoms with E-state index in [1.54, 1.807) is 0 Å². The van der Waals surface area contributed by atoms with Crippen molar-refractivity contribution in [2.45, 2.75) is 44.4 Å². The zero-order chi connectivity index (χ0) is 14.8. The molecule has 21 heavy (non-hydrogen) atoms. The zero-order valence-electron chi connectivity index (χ0n) is 11.2. The van der Waals surface area contributed by atoms with Crippen LogP contribution in [-0.4, -0.2) is 16.9 Å². The van der Waals surface area contributed by atoms with Gasteiger partial charge in [-0.3, -0.25) is 4.79 Å². The zero-order valence-corrected chi connectivity index (χ0v) is 12.8. The Morgan fingerprint density at radius 3 is 2.71 bits per heavy atom. The molecule has 120 valence electrons. The van der Waals surface area contributed by atoms with E-state index in [-0.39, 0.29) is 41.8 Å². The molecule has 3 N–H and O–H groups in total. The lowest BCUT2D eigenvalue weighted by atomic mass is 10.00. The van der Waals surface area contributed by atoms with Crippen molar-refractivity contribution in [2.75, 3.05) is 0 Å². The molecule has 1 amide bonds. The van der Waals surface area contributed by atoms with Gasteiger partial charge in [0.05, 0.1) is 6.54 Å². The number of rotatable bonds is 4. The minimum absolute atomic E-state index is 0. The largest absolute Gasteiger partial charge is 0.434 e. The summed E-state index contributed by atoms with van der Waals surface area (Å²) in [7, 11) is 0. The van der Waals surface area contributed by atoms with Gasteiger partial charge < -0.3 is 11.1 Å². The number of carbonyl (C=O) groups is 1. The molecule has 9 heteroatoms. The number of thiazole rings is 1. The summed E-state index contributed by atoms with van der Waals surface area (Å²) in [6, 6.07) is 0.0532. The normalized spacial score (nSPS) is 21.9. The van der Waals surface area contributed by atoms with Crippen LogP contribution in [0.2, 0.25) is 0 Å². The van der Waals surface area contributed by atoms with Crippen LogP contribution in [0.25, 0.3) is 0 Å². The summed E-state index contributed by atoms with van der Waals surface area (Å²) < 4.78 is 37.1. The summed E-state index contributed by atoms with van der Waals surface area (Å²) in [6.07, 6.45) is -1.21. The Labute approximate surface area is 130 Å². The molecule has 0 radical (unpaired) electrons. The van der Waals surface area contributed by atoms with Crippen molar-refractivity contribution < 1.29 is 18.0 Å². The van der Waals surface area contributed by atoms with Gasteiger partial charge in [-0.1, -0.05) is 6.42 Å². The maximum absolute atomic E-state index is 12.4. The minimum atomic E-state index is -4.44. The molecule has 1 aliphatic rings. The number of hydrogen-bond acceptors (Lipinski definition) is 4. The maximum Gasteiger partial charge on any atom is 0.434 e. The first kappa shape index (κ1) is 18.2. The molecule has 0 bridgehead atoms. The van der Waals surface area contributed by atoms with Crippen LogP contribution >= 0.6 is 23.7 Å². The Hall–Kier alpha value is -0.860. The molecule has 0 spiro atoms. The van der Waals surface area contributed by atoms with E-state index >= 15 is 0 Å². The smallest absolute Gasteiger partial charge is 0.350 e. The number of aromatic nitrogens is 1. The second-order valence-electron chi connectivity index (χ2n) is 4.96. The average molecular weight is 344 g/mol. The van der Waals surface area contributed by atoms with E-state index in [4.69, 9.17) is 5.73 Å². The molecule has 1 aliphatic carbocycles. The van der Waals surface area contributed by atoms with Gasteiger partial charge in [-0.2, -0.15) is 13.2 Å². The molecule has 1 aromatic rings. The third-order valence-corrected chi connectivity index (χ3v) is 4.29. The van der Waals surface area contributed by atoms with Crippen LogP contribution in [0, 0.1) is 5.92 Å². The van der Waals surface area contributed by atoms with Crippen LogP contribution in [0.4, 0.5) is 13.2 Å². The fourth-order valence-corrected chi connectivity index (χ4v) is 3.07. The van der Waals surface area contributed by atoms with Crippen LogP contribution in [-0.2, 0) is 17.5 Å². The lowest BCUT2D eigenvalue weighted by molar-refractivity contribution is -0.140. The predicted molar refractivity (Wildman–Crippen MR) is 76.1 cm³/mol. The molecule has 0 aromatic carbocycles. The van der Waals surface area contributed by atoms with Gasteiger partial charge in [0.25, 0.3) is 0 Å². The summed E-state index contributed by atoms with van der Waals surface area (Å²) in [5, 5.41) is 3.80. The molecule has 0 aliphatic heterocycles. The molecule has 0 saturated heterocycles. The Morgan fingerprint density at radius 1 is 1.48 bits per heavy atom. The van der Waals surface area contributed by atoms with Crippen molar-refractivity contribution >= 4 is 29.7 Å². The number of alkyl halides is 3. The van der Waals surface area contributed by atoms with E-state index in [0.717, 1.165) is 36.0 Å². The molecule has 1 saturated carbocycles. The number of halogens is 4. The summed E-state index contributed by atoms with van der Waals surface area (Å²) in [5.74, 6) is -0.00635. The number of hydrogen-bond donors (Lipinski definition) is 2. The Balaban J connectivity index is 0.00000220. The van der Waals surface area contributed by atoms with Crippen LogP contribution in [0.5, 0.6) is 0 Å². The summed E-state index contributed by atoms with van der Waals surface area (Å²) >= 11 is 0.891. The van der Waals surface area contributed by atoms with Crippen molar-refractivity contribution in [2.24, 2.45) is 11.7 Å². The third-order valence-electron chi connectivity index (χ3n) is 3.44. The topological polar surface area (TPSA) is 68.0 Å². The number of nitrogens with two attached hydrogens (primary N) is 1. The van der Waals surface area contributed by atoms with E-state index in [9.17, 15) is 18.0 Å².